The van der Waals surface area contributed by atoms with Crippen LogP contribution < -0.4 is 0 Å². The van der Waals surface area contributed by atoms with Crippen LogP contribution in [-0.2, 0) is 14.3 Å². The summed E-state index contributed by atoms with van der Waals surface area (Å²) in [4.78, 5) is 22.3. The zero-order chi connectivity index (χ0) is 11.8. The lowest BCUT2D eigenvalue weighted by atomic mass is 9.90. The van der Waals surface area contributed by atoms with Crippen molar-refractivity contribution >= 4 is 11.9 Å². The van der Waals surface area contributed by atoms with Crippen LogP contribution in [0.3, 0.4) is 0 Å². The Morgan fingerprint density at radius 3 is 2.27 bits per heavy atom. The second-order valence-corrected chi connectivity index (χ2v) is 3.69. The zero-order valence-corrected chi connectivity index (χ0v) is 9.66. The van der Waals surface area contributed by atoms with Crippen molar-refractivity contribution in [1.29, 1.82) is 0 Å². The third-order valence-corrected chi connectivity index (χ3v) is 2.34. The minimum Gasteiger partial charge on any atom is -0.481 e. The summed E-state index contributed by atoms with van der Waals surface area (Å²) in [7, 11) is 0. The van der Waals surface area contributed by atoms with Gasteiger partial charge in [0.15, 0.2) is 0 Å². The van der Waals surface area contributed by atoms with Crippen molar-refractivity contribution in [2.24, 2.45) is 11.8 Å². The molecule has 0 amide bonds. The maximum Gasteiger partial charge on any atom is 0.309 e. The zero-order valence-electron chi connectivity index (χ0n) is 9.66. The first kappa shape index (κ1) is 13.9. The van der Waals surface area contributed by atoms with Gasteiger partial charge in [-0.1, -0.05) is 27.2 Å². The Morgan fingerprint density at radius 2 is 1.87 bits per heavy atom. The molecule has 2 unspecified atom stereocenters. The molecule has 4 nitrogen and oxygen atoms in total. The molecule has 0 aromatic rings. The average Bonchev–Trinajstić information content (AvgIpc) is 2.21. The number of esters is 1. The van der Waals surface area contributed by atoms with Crippen LogP contribution in [0.2, 0.25) is 0 Å². The summed E-state index contributed by atoms with van der Waals surface area (Å²) in [6.07, 6.45) is 2.02. The highest BCUT2D eigenvalue weighted by Crippen LogP contribution is 2.19. The fourth-order valence-corrected chi connectivity index (χ4v) is 1.40. The minimum absolute atomic E-state index is 0.363. The van der Waals surface area contributed by atoms with E-state index in [2.05, 4.69) is 0 Å². The van der Waals surface area contributed by atoms with E-state index >= 15 is 0 Å². The molecular formula is C11H20O4. The number of hydrogen-bond donors (Lipinski definition) is 1. The lowest BCUT2D eigenvalue weighted by Crippen LogP contribution is -2.29. The Hall–Kier alpha value is -1.06. The Bertz CT molecular complexity index is 213. The Labute approximate surface area is 90.6 Å². The fourth-order valence-electron chi connectivity index (χ4n) is 1.40. The highest BCUT2D eigenvalue weighted by molar-refractivity contribution is 5.80. The van der Waals surface area contributed by atoms with Crippen molar-refractivity contribution < 1.29 is 19.4 Å². The van der Waals surface area contributed by atoms with E-state index in [4.69, 9.17) is 9.84 Å². The maximum atomic E-state index is 11.4. The second kappa shape index (κ2) is 7.26. The van der Waals surface area contributed by atoms with Crippen molar-refractivity contribution in [3.63, 3.8) is 0 Å². The Morgan fingerprint density at radius 1 is 1.27 bits per heavy atom. The normalized spacial score (nSPS) is 14.3. The second-order valence-electron chi connectivity index (χ2n) is 3.69. The third kappa shape index (κ3) is 4.81. The summed E-state index contributed by atoms with van der Waals surface area (Å²) < 4.78 is 4.93. The van der Waals surface area contributed by atoms with E-state index < -0.39 is 23.8 Å². The van der Waals surface area contributed by atoms with Crippen molar-refractivity contribution in [1.82, 2.24) is 0 Å². The van der Waals surface area contributed by atoms with E-state index in [-0.39, 0.29) is 0 Å². The molecule has 0 aliphatic heterocycles. The number of aliphatic carboxylic acids is 1. The quantitative estimate of drug-likeness (QED) is 0.662. The summed E-state index contributed by atoms with van der Waals surface area (Å²) in [6.45, 7) is 5.78. The Kier molecular flexibility index (Phi) is 6.75. The van der Waals surface area contributed by atoms with Gasteiger partial charge in [-0.2, -0.15) is 0 Å². The van der Waals surface area contributed by atoms with Crippen LogP contribution in [-0.4, -0.2) is 23.7 Å². The van der Waals surface area contributed by atoms with Crippen LogP contribution >= 0.6 is 0 Å². The predicted molar refractivity (Wildman–Crippen MR) is 56.4 cm³/mol. The van der Waals surface area contributed by atoms with Crippen LogP contribution in [0, 0.1) is 11.8 Å². The lowest BCUT2D eigenvalue weighted by Gasteiger charge is -2.18. The summed E-state index contributed by atoms with van der Waals surface area (Å²) in [6, 6.07) is 0. The number of carbonyl (C=O) groups is 2. The SMILES string of the molecule is CCCOC(=O)C(C)C(CCC)C(=O)O. The first-order chi connectivity index (χ1) is 7.04. The summed E-state index contributed by atoms with van der Waals surface area (Å²) in [5, 5.41) is 8.94. The molecule has 0 aliphatic rings. The number of rotatable bonds is 7. The van der Waals surface area contributed by atoms with Gasteiger partial charge in [0.1, 0.15) is 0 Å². The molecule has 0 rings (SSSR count). The van der Waals surface area contributed by atoms with E-state index in [9.17, 15) is 9.59 Å². The number of hydrogen-bond acceptors (Lipinski definition) is 3. The van der Waals surface area contributed by atoms with E-state index in [0.29, 0.717) is 13.0 Å². The number of ether oxygens (including phenoxy) is 1. The minimum atomic E-state index is -0.919. The molecule has 0 saturated carbocycles. The molecule has 0 fully saturated rings. The molecule has 0 heterocycles. The summed E-state index contributed by atoms with van der Waals surface area (Å²) >= 11 is 0. The first-order valence-corrected chi connectivity index (χ1v) is 5.44. The largest absolute Gasteiger partial charge is 0.481 e. The number of carboxylic acid groups (broad SMARTS) is 1. The highest BCUT2D eigenvalue weighted by atomic mass is 16.5. The fraction of sp³-hybridized carbons (Fsp3) is 0.818. The molecule has 0 aromatic carbocycles. The van der Waals surface area contributed by atoms with Crippen molar-refractivity contribution in [2.75, 3.05) is 6.61 Å². The predicted octanol–water partition coefficient (Wildman–Crippen LogP) is 2.08. The summed E-state index contributed by atoms with van der Waals surface area (Å²) in [5.74, 6) is -2.51. The van der Waals surface area contributed by atoms with Gasteiger partial charge in [-0.3, -0.25) is 9.59 Å². The average molecular weight is 216 g/mol. The molecule has 0 bridgehead atoms. The molecular weight excluding hydrogens is 196 g/mol. The van der Waals surface area contributed by atoms with Crippen LogP contribution in [0.15, 0.2) is 0 Å². The topological polar surface area (TPSA) is 63.6 Å². The molecule has 1 N–H and O–H groups in total. The van der Waals surface area contributed by atoms with Crippen LogP contribution in [0.25, 0.3) is 0 Å². The van der Waals surface area contributed by atoms with Crippen LogP contribution in [0.4, 0.5) is 0 Å². The van der Waals surface area contributed by atoms with E-state index in [1.54, 1.807) is 6.92 Å². The van der Waals surface area contributed by atoms with Crippen molar-refractivity contribution in [2.45, 2.75) is 40.0 Å². The molecule has 0 spiro atoms. The van der Waals surface area contributed by atoms with Gasteiger partial charge in [0.05, 0.1) is 18.4 Å². The summed E-state index contributed by atoms with van der Waals surface area (Å²) in [5.41, 5.74) is 0. The molecule has 0 aromatic heterocycles. The molecule has 4 heteroatoms. The maximum absolute atomic E-state index is 11.4. The molecule has 2 atom stereocenters. The van der Waals surface area contributed by atoms with Gasteiger partial charge in [-0.25, -0.2) is 0 Å². The van der Waals surface area contributed by atoms with Gasteiger partial charge < -0.3 is 9.84 Å². The Balaban J connectivity index is 4.28. The molecule has 0 radical (unpaired) electrons. The van der Waals surface area contributed by atoms with Gasteiger partial charge in [0, 0.05) is 0 Å². The number of carboxylic acids is 1. The monoisotopic (exact) mass is 216 g/mol. The third-order valence-electron chi connectivity index (χ3n) is 2.34. The van der Waals surface area contributed by atoms with Crippen LogP contribution in [0.1, 0.15) is 40.0 Å². The highest BCUT2D eigenvalue weighted by Gasteiger charge is 2.30. The first-order valence-electron chi connectivity index (χ1n) is 5.44. The van der Waals surface area contributed by atoms with Crippen molar-refractivity contribution in [3.8, 4) is 0 Å². The van der Waals surface area contributed by atoms with Gasteiger partial charge >= 0.3 is 11.9 Å². The smallest absolute Gasteiger partial charge is 0.309 e. The molecule has 0 aliphatic carbocycles. The molecule has 15 heavy (non-hydrogen) atoms. The van der Waals surface area contributed by atoms with E-state index in [0.717, 1.165) is 12.8 Å². The van der Waals surface area contributed by atoms with Crippen LogP contribution in [0.5, 0.6) is 0 Å². The van der Waals surface area contributed by atoms with Gasteiger partial charge in [-0.05, 0) is 12.8 Å². The van der Waals surface area contributed by atoms with Crippen molar-refractivity contribution in [3.05, 3.63) is 0 Å². The standard InChI is InChI=1S/C11H20O4/c1-4-6-9(10(12)13)8(3)11(14)15-7-5-2/h8-9H,4-7H2,1-3H3,(H,12,13). The number of carbonyl (C=O) groups excluding carboxylic acids is 1. The molecule has 88 valence electrons. The van der Waals surface area contributed by atoms with Gasteiger partial charge in [0.2, 0.25) is 0 Å². The van der Waals surface area contributed by atoms with E-state index in [1.165, 1.54) is 0 Å². The van der Waals surface area contributed by atoms with E-state index in [1.807, 2.05) is 13.8 Å². The molecule has 0 saturated heterocycles. The van der Waals surface area contributed by atoms with Gasteiger partial charge in [-0.15, -0.1) is 0 Å². The van der Waals surface area contributed by atoms with Gasteiger partial charge in [0.25, 0.3) is 0 Å². The lowest BCUT2D eigenvalue weighted by molar-refractivity contribution is -0.157.